The molecule has 0 spiro atoms. The molecule has 1 aromatic rings. The first-order chi connectivity index (χ1) is 8.74. The zero-order chi connectivity index (χ0) is 13.0. The summed E-state index contributed by atoms with van der Waals surface area (Å²) in [5.41, 5.74) is 7.10. The number of hydrogen-bond donors (Lipinski definition) is 1. The summed E-state index contributed by atoms with van der Waals surface area (Å²) in [5, 5.41) is 0. The van der Waals surface area contributed by atoms with Gasteiger partial charge in [-0.25, -0.2) is 4.98 Å². The van der Waals surface area contributed by atoms with Gasteiger partial charge in [0.1, 0.15) is 0 Å². The molecule has 18 heavy (non-hydrogen) atoms. The SMILES string of the molecule is CCc1cn(CCOC)c(N2CCC(N)CC2)n1. The number of aromatic nitrogens is 2. The van der Waals surface area contributed by atoms with Crippen LogP contribution >= 0.6 is 0 Å². The lowest BCUT2D eigenvalue weighted by atomic mass is 10.1. The van der Waals surface area contributed by atoms with E-state index in [2.05, 4.69) is 22.6 Å². The van der Waals surface area contributed by atoms with Gasteiger partial charge in [0.15, 0.2) is 0 Å². The highest BCUT2D eigenvalue weighted by molar-refractivity contribution is 5.34. The Labute approximate surface area is 109 Å². The third kappa shape index (κ3) is 3.03. The molecule has 2 N–H and O–H groups in total. The topological polar surface area (TPSA) is 56.3 Å². The van der Waals surface area contributed by atoms with E-state index in [-0.39, 0.29) is 0 Å². The van der Waals surface area contributed by atoms with Crippen LogP contribution in [0.1, 0.15) is 25.5 Å². The van der Waals surface area contributed by atoms with Crippen LogP contribution < -0.4 is 10.6 Å². The highest BCUT2D eigenvalue weighted by atomic mass is 16.5. The van der Waals surface area contributed by atoms with E-state index in [0.29, 0.717) is 6.04 Å². The average molecular weight is 252 g/mol. The lowest BCUT2D eigenvalue weighted by molar-refractivity contribution is 0.187. The molecule has 5 heteroatoms. The van der Waals surface area contributed by atoms with Crippen molar-refractivity contribution in [2.45, 2.75) is 38.8 Å². The number of methoxy groups -OCH3 is 1. The summed E-state index contributed by atoms with van der Waals surface area (Å²) in [6.45, 7) is 5.74. The number of imidazole rings is 1. The number of aryl methyl sites for hydroxylation is 1. The summed E-state index contributed by atoms with van der Waals surface area (Å²) in [6, 6.07) is 0.356. The van der Waals surface area contributed by atoms with Crippen molar-refractivity contribution in [2.24, 2.45) is 5.73 Å². The number of piperidine rings is 1. The van der Waals surface area contributed by atoms with Crippen molar-refractivity contribution in [3.8, 4) is 0 Å². The highest BCUT2D eigenvalue weighted by Gasteiger charge is 2.20. The molecule has 0 amide bonds. The molecule has 1 fully saturated rings. The Hall–Kier alpha value is -1.07. The Morgan fingerprint density at radius 2 is 2.17 bits per heavy atom. The van der Waals surface area contributed by atoms with Crippen LogP contribution in [0, 0.1) is 0 Å². The molecule has 2 heterocycles. The van der Waals surface area contributed by atoms with Gasteiger partial charge in [0.25, 0.3) is 0 Å². The summed E-state index contributed by atoms with van der Waals surface area (Å²) in [5.74, 6) is 1.08. The van der Waals surface area contributed by atoms with Gasteiger partial charge < -0.3 is 19.9 Å². The van der Waals surface area contributed by atoms with Crippen molar-refractivity contribution < 1.29 is 4.74 Å². The first-order valence-corrected chi connectivity index (χ1v) is 6.80. The van der Waals surface area contributed by atoms with Crippen LogP contribution in [0.4, 0.5) is 5.95 Å². The zero-order valence-corrected chi connectivity index (χ0v) is 11.4. The number of hydrogen-bond acceptors (Lipinski definition) is 4. The quantitative estimate of drug-likeness (QED) is 0.850. The zero-order valence-electron chi connectivity index (χ0n) is 11.4. The first-order valence-electron chi connectivity index (χ1n) is 6.80. The molecule has 0 unspecified atom stereocenters. The monoisotopic (exact) mass is 252 g/mol. The molecular weight excluding hydrogens is 228 g/mol. The molecule has 1 saturated heterocycles. The average Bonchev–Trinajstić information content (AvgIpc) is 2.80. The van der Waals surface area contributed by atoms with Crippen molar-refractivity contribution in [1.82, 2.24) is 9.55 Å². The van der Waals surface area contributed by atoms with Gasteiger partial charge in [0, 0.05) is 39.0 Å². The molecule has 1 aromatic heterocycles. The van der Waals surface area contributed by atoms with Gasteiger partial charge in [0.2, 0.25) is 5.95 Å². The second-order valence-corrected chi connectivity index (χ2v) is 4.90. The number of ether oxygens (including phenoxy) is 1. The molecule has 1 aliphatic rings. The van der Waals surface area contributed by atoms with Gasteiger partial charge in [-0.1, -0.05) is 6.92 Å². The maximum atomic E-state index is 5.95. The van der Waals surface area contributed by atoms with E-state index in [1.165, 1.54) is 0 Å². The van der Waals surface area contributed by atoms with Crippen molar-refractivity contribution in [3.63, 3.8) is 0 Å². The molecule has 1 aliphatic heterocycles. The van der Waals surface area contributed by atoms with Crippen LogP contribution in [0.15, 0.2) is 6.20 Å². The van der Waals surface area contributed by atoms with E-state index < -0.39 is 0 Å². The van der Waals surface area contributed by atoms with E-state index in [1.54, 1.807) is 7.11 Å². The van der Waals surface area contributed by atoms with Crippen molar-refractivity contribution in [3.05, 3.63) is 11.9 Å². The maximum absolute atomic E-state index is 5.95. The Morgan fingerprint density at radius 1 is 1.44 bits per heavy atom. The third-order valence-electron chi connectivity index (χ3n) is 3.53. The molecule has 0 radical (unpaired) electrons. The molecular formula is C13H24N4O. The Bertz CT molecular complexity index is 369. The van der Waals surface area contributed by atoms with Crippen molar-refractivity contribution in [1.29, 1.82) is 0 Å². The Morgan fingerprint density at radius 3 is 2.78 bits per heavy atom. The van der Waals surface area contributed by atoms with Gasteiger partial charge in [-0.05, 0) is 19.3 Å². The highest BCUT2D eigenvalue weighted by Crippen LogP contribution is 2.19. The van der Waals surface area contributed by atoms with Crippen LogP contribution in [0.25, 0.3) is 0 Å². The van der Waals surface area contributed by atoms with Crippen LogP contribution in [0.3, 0.4) is 0 Å². The summed E-state index contributed by atoms with van der Waals surface area (Å²) in [7, 11) is 1.73. The molecule has 102 valence electrons. The smallest absolute Gasteiger partial charge is 0.205 e. The largest absolute Gasteiger partial charge is 0.383 e. The second-order valence-electron chi connectivity index (χ2n) is 4.90. The van der Waals surface area contributed by atoms with Gasteiger partial charge >= 0.3 is 0 Å². The first kappa shape index (κ1) is 13.4. The minimum Gasteiger partial charge on any atom is -0.383 e. The molecule has 0 atom stereocenters. The van der Waals surface area contributed by atoms with Crippen LogP contribution in [-0.2, 0) is 17.7 Å². The number of nitrogens with two attached hydrogens (primary N) is 1. The summed E-state index contributed by atoms with van der Waals surface area (Å²) < 4.78 is 7.37. The lowest BCUT2D eigenvalue weighted by Crippen LogP contribution is -2.41. The fraction of sp³-hybridized carbons (Fsp3) is 0.769. The maximum Gasteiger partial charge on any atom is 0.205 e. The van der Waals surface area contributed by atoms with E-state index in [4.69, 9.17) is 15.5 Å². The van der Waals surface area contributed by atoms with Crippen molar-refractivity contribution in [2.75, 3.05) is 31.7 Å². The number of nitrogens with zero attached hydrogens (tertiary/aromatic N) is 3. The molecule has 0 saturated carbocycles. The van der Waals surface area contributed by atoms with Crippen LogP contribution in [0.2, 0.25) is 0 Å². The van der Waals surface area contributed by atoms with E-state index in [1.807, 2.05) is 0 Å². The number of rotatable bonds is 5. The van der Waals surface area contributed by atoms with Gasteiger partial charge in [-0.2, -0.15) is 0 Å². The van der Waals surface area contributed by atoms with E-state index in [0.717, 1.165) is 57.1 Å². The van der Waals surface area contributed by atoms with Crippen LogP contribution in [0.5, 0.6) is 0 Å². The standard InChI is InChI=1S/C13H24N4O/c1-3-12-10-17(8-9-18-2)13(15-12)16-6-4-11(14)5-7-16/h10-11H,3-9,14H2,1-2H3. The minimum absolute atomic E-state index is 0.356. The lowest BCUT2D eigenvalue weighted by Gasteiger charge is -2.31. The van der Waals surface area contributed by atoms with Crippen molar-refractivity contribution >= 4 is 5.95 Å². The van der Waals surface area contributed by atoms with Crippen LogP contribution in [-0.4, -0.2) is 42.4 Å². The molecule has 0 aromatic carbocycles. The normalized spacial score (nSPS) is 17.4. The number of anilines is 1. The van der Waals surface area contributed by atoms with E-state index >= 15 is 0 Å². The summed E-state index contributed by atoms with van der Waals surface area (Å²) >= 11 is 0. The van der Waals surface area contributed by atoms with E-state index in [9.17, 15) is 0 Å². The fourth-order valence-electron chi connectivity index (χ4n) is 2.34. The molecule has 5 nitrogen and oxygen atoms in total. The molecule has 0 aliphatic carbocycles. The Balaban J connectivity index is 2.11. The Kier molecular flexibility index (Phi) is 4.60. The predicted molar refractivity (Wildman–Crippen MR) is 72.9 cm³/mol. The molecule has 0 bridgehead atoms. The second kappa shape index (κ2) is 6.20. The van der Waals surface area contributed by atoms with Gasteiger partial charge in [-0.3, -0.25) is 0 Å². The minimum atomic E-state index is 0.356. The fourth-order valence-corrected chi connectivity index (χ4v) is 2.34. The summed E-state index contributed by atoms with van der Waals surface area (Å²) in [4.78, 5) is 7.07. The third-order valence-corrected chi connectivity index (χ3v) is 3.53. The summed E-state index contributed by atoms with van der Waals surface area (Å²) in [6.07, 6.45) is 5.22. The van der Waals surface area contributed by atoms with Gasteiger partial charge in [-0.15, -0.1) is 0 Å². The molecule has 2 rings (SSSR count). The van der Waals surface area contributed by atoms with Gasteiger partial charge in [0.05, 0.1) is 12.3 Å². The predicted octanol–water partition coefficient (Wildman–Crippen LogP) is 1.02.